The Bertz CT molecular complexity index is 599. The number of carbonyl (C=O) groups excluding carboxylic acids is 1. The molecule has 24 heavy (non-hydrogen) atoms. The van der Waals surface area contributed by atoms with Crippen LogP contribution < -0.4 is 10.1 Å². The van der Waals surface area contributed by atoms with Gasteiger partial charge in [0.15, 0.2) is 0 Å². The summed E-state index contributed by atoms with van der Waals surface area (Å²) < 4.78 is 29.3. The maximum absolute atomic E-state index is 12.5. The number of nitrogens with one attached hydrogen (secondary N) is 1. The molecule has 0 radical (unpaired) electrons. The zero-order valence-electron chi connectivity index (χ0n) is 13.4. The van der Waals surface area contributed by atoms with Crippen LogP contribution in [0, 0.1) is 5.92 Å². The second-order valence-electron chi connectivity index (χ2n) is 6.55. The van der Waals surface area contributed by atoms with Gasteiger partial charge < -0.3 is 20.1 Å². The maximum atomic E-state index is 12.5. The second-order valence-corrected chi connectivity index (χ2v) is 6.55. The summed E-state index contributed by atoms with van der Waals surface area (Å²) in [5, 5.41) is 13.3. The lowest BCUT2D eigenvalue weighted by atomic mass is 9.71. The van der Waals surface area contributed by atoms with Gasteiger partial charge in [-0.1, -0.05) is 25.0 Å². The molecule has 7 heteroatoms. The highest BCUT2D eigenvalue weighted by Crippen LogP contribution is 2.40. The minimum absolute atomic E-state index is 0.0629. The molecule has 1 aliphatic carbocycles. The van der Waals surface area contributed by atoms with Gasteiger partial charge in [-0.2, -0.15) is 8.78 Å². The third-order valence-electron chi connectivity index (χ3n) is 5.06. The van der Waals surface area contributed by atoms with Crippen molar-refractivity contribution in [1.29, 1.82) is 0 Å². The Hall–Kier alpha value is -1.89. The molecule has 2 amide bonds. The van der Waals surface area contributed by atoms with Crippen molar-refractivity contribution in [3.05, 3.63) is 24.3 Å². The van der Waals surface area contributed by atoms with E-state index in [1.54, 1.807) is 17.0 Å². The minimum atomic E-state index is -2.95. The van der Waals surface area contributed by atoms with Crippen LogP contribution in [-0.4, -0.2) is 41.3 Å². The zero-order valence-corrected chi connectivity index (χ0v) is 13.4. The molecule has 2 atom stereocenters. The smallest absolute Gasteiger partial charge is 0.387 e. The van der Waals surface area contributed by atoms with Crippen molar-refractivity contribution in [1.82, 2.24) is 4.90 Å². The third kappa shape index (κ3) is 3.61. The van der Waals surface area contributed by atoms with Gasteiger partial charge in [0.2, 0.25) is 0 Å². The van der Waals surface area contributed by atoms with Gasteiger partial charge >= 0.3 is 12.6 Å². The van der Waals surface area contributed by atoms with Crippen LogP contribution in [0.2, 0.25) is 0 Å². The molecule has 1 heterocycles. The SMILES string of the molecule is O=C(Nc1ccccc1OC(F)F)N1CC[C@]2(O)CCCC[C@H]2C1. The number of amides is 2. The molecule has 0 spiro atoms. The lowest BCUT2D eigenvalue weighted by Crippen LogP contribution is -2.55. The first kappa shape index (κ1) is 17.0. The molecule has 2 aliphatic rings. The van der Waals surface area contributed by atoms with E-state index >= 15 is 0 Å². The number of alkyl halides is 2. The van der Waals surface area contributed by atoms with Crippen LogP contribution in [0.3, 0.4) is 0 Å². The maximum Gasteiger partial charge on any atom is 0.387 e. The number of carbonyl (C=O) groups is 1. The number of likely N-dealkylation sites (tertiary alicyclic amines) is 1. The van der Waals surface area contributed by atoms with Crippen LogP contribution in [0.25, 0.3) is 0 Å². The molecule has 1 saturated carbocycles. The van der Waals surface area contributed by atoms with E-state index in [1.165, 1.54) is 12.1 Å². The number of hydrogen-bond acceptors (Lipinski definition) is 3. The molecule has 3 rings (SSSR count). The Balaban J connectivity index is 1.66. The summed E-state index contributed by atoms with van der Waals surface area (Å²) in [6, 6.07) is 5.77. The predicted octanol–water partition coefficient (Wildman–Crippen LogP) is 3.45. The first-order valence-electron chi connectivity index (χ1n) is 8.30. The van der Waals surface area contributed by atoms with E-state index in [9.17, 15) is 18.7 Å². The highest BCUT2D eigenvalue weighted by atomic mass is 19.3. The molecule has 1 aromatic rings. The fraction of sp³-hybridized carbons (Fsp3) is 0.588. The third-order valence-corrected chi connectivity index (χ3v) is 5.06. The first-order chi connectivity index (χ1) is 11.5. The number of piperidine rings is 1. The van der Waals surface area contributed by atoms with Crippen molar-refractivity contribution in [3.8, 4) is 5.75 Å². The van der Waals surface area contributed by atoms with Gasteiger partial charge in [0, 0.05) is 19.0 Å². The fourth-order valence-electron chi connectivity index (χ4n) is 3.72. The molecule has 1 aromatic carbocycles. The van der Waals surface area contributed by atoms with Crippen molar-refractivity contribution in [2.75, 3.05) is 18.4 Å². The van der Waals surface area contributed by atoms with Crippen LogP contribution in [0.5, 0.6) is 5.75 Å². The average molecular weight is 340 g/mol. The monoisotopic (exact) mass is 340 g/mol. The van der Waals surface area contributed by atoms with E-state index in [2.05, 4.69) is 10.1 Å². The van der Waals surface area contributed by atoms with Gasteiger partial charge in [-0.15, -0.1) is 0 Å². The Kier molecular flexibility index (Phi) is 4.89. The van der Waals surface area contributed by atoms with Gasteiger partial charge in [-0.25, -0.2) is 4.79 Å². The molecule has 1 saturated heterocycles. The minimum Gasteiger partial charge on any atom is -0.433 e. The Morgan fingerprint density at radius 1 is 1.33 bits per heavy atom. The first-order valence-corrected chi connectivity index (χ1v) is 8.30. The van der Waals surface area contributed by atoms with Crippen LogP contribution >= 0.6 is 0 Å². The quantitative estimate of drug-likeness (QED) is 0.886. The molecule has 2 fully saturated rings. The number of ether oxygens (including phenoxy) is 1. The molecule has 0 bridgehead atoms. The van der Waals surface area contributed by atoms with Gasteiger partial charge in [0.25, 0.3) is 0 Å². The van der Waals surface area contributed by atoms with E-state index in [-0.39, 0.29) is 23.4 Å². The van der Waals surface area contributed by atoms with Crippen LogP contribution in [0.1, 0.15) is 32.1 Å². The summed E-state index contributed by atoms with van der Waals surface area (Å²) in [5.41, 5.74) is -0.446. The highest BCUT2D eigenvalue weighted by molar-refractivity contribution is 5.91. The van der Waals surface area contributed by atoms with Crippen molar-refractivity contribution in [3.63, 3.8) is 0 Å². The van der Waals surface area contributed by atoms with Crippen molar-refractivity contribution in [2.24, 2.45) is 5.92 Å². The van der Waals surface area contributed by atoms with Crippen molar-refractivity contribution < 1.29 is 23.4 Å². The topological polar surface area (TPSA) is 61.8 Å². The summed E-state index contributed by atoms with van der Waals surface area (Å²) >= 11 is 0. The summed E-state index contributed by atoms with van der Waals surface area (Å²) in [5.74, 6) is 0.0188. The van der Waals surface area contributed by atoms with Crippen molar-refractivity contribution in [2.45, 2.75) is 44.3 Å². The van der Waals surface area contributed by atoms with Crippen LogP contribution in [0.4, 0.5) is 19.3 Å². The van der Waals surface area contributed by atoms with E-state index in [0.717, 1.165) is 25.7 Å². The van der Waals surface area contributed by atoms with Gasteiger partial charge in [-0.05, 0) is 31.4 Å². The number of anilines is 1. The average Bonchev–Trinajstić information content (AvgIpc) is 2.55. The zero-order chi connectivity index (χ0) is 17.2. The Morgan fingerprint density at radius 3 is 2.92 bits per heavy atom. The molecule has 0 aromatic heterocycles. The molecular weight excluding hydrogens is 318 g/mol. The number of nitrogens with zero attached hydrogens (tertiary/aromatic N) is 1. The largest absolute Gasteiger partial charge is 0.433 e. The lowest BCUT2D eigenvalue weighted by molar-refractivity contribution is -0.0863. The van der Waals surface area contributed by atoms with Gasteiger partial charge in [0.1, 0.15) is 5.75 Å². The molecule has 1 aliphatic heterocycles. The van der Waals surface area contributed by atoms with Gasteiger partial charge in [-0.3, -0.25) is 0 Å². The number of rotatable bonds is 3. The number of hydrogen-bond donors (Lipinski definition) is 2. The summed E-state index contributed by atoms with van der Waals surface area (Å²) in [4.78, 5) is 14.1. The van der Waals surface area contributed by atoms with E-state index in [4.69, 9.17) is 0 Å². The molecule has 0 unspecified atom stereocenters. The Labute approximate surface area is 139 Å². The molecule has 2 N–H and O–H groups in total. The van der Waals surface area contributed by atoms with Crippen LogP contribution in [0.15, 0.2) is 24.3 Å². The molecule has 132 valence electrons. The predicted molar refractivity (Wildman–Crippen MR) is 85.2 cm³/mol. The molecular formula is C17H22F2N2O3. The summed E-state index contributed by atoms with van der Waals surface area (Å²) in [7, 11) is 0. The highest BCUT2D eigenvalue weighted by Gasteiger charge is 2.43. The lowest BCUT2D eigenvalue weighted by Gasteiger charge is -2.47. The number of fused-ring (bicyclic) bond motifs is 1. The van der Waals surface area contributed by atoms with Gasteiger partial charge in [0.05, 0.1) is 11.3 Å². The van der Waals surface area contributed by atoms with E-state index in [1.807, 2.05) is 0 Å². The fourth-order valence-corrected chi connectivity index (χ4v) is 3.72. The summed E-state index contributed by atoms with van der Waals surface area (Å²) in [6.45, 7) is -2.01. The van der Waals surface area contributed by atoms with Crippen molar-refractivity contribution >= 4 is 11.7 Å². The number of benzene rings is 1. The normalized spacial score (nSPS) is 26.8. The molecule has 5 nitrogen and oxygen atoms in total. The Morgan fingerprint density at radius 2 is 2.12 bits per heavy atom. The summed E-state index contributed by atoms with van der Waals surface area (Å²) in [6.07, 6.45) is 4.34. The van der Waals surface area contributed by atoms with Crippen LogP contribution in [-0.2, 0) is 0 Å². The standard InChI is InChI=1S/C17H22F2N2O3/c18-15(19)24-14-7-2-1-6-13(14)20-16(22)21-10-9-17(23)8-4-3-5-12(17)11-21/h1-2,6-7,12,15,23H,3-5,8-11H2,(H,20,22)/t12-,17+/m0/s1. The number of para-hydroxylation sites is 2. The number of aliphatic hydroxyl groups is 1. The van der Waals surface area contributed by atoms with E-state index < -0.39 is 12.2 Å². The number of halogens is 2. The number of urea groups is 1. The second kappa shape index (κ2) is 6.93. The van der Waals surface area contributed by atoms with E-state index in [0.29, 0.717) is 19.5 Å².